The van der Waals surface area contributed by atoms with E-state index in [-0.39, 0.29) is 24.2 Å². The Hall–Kier alpha value is -1.78. The topological polar surface area (TPSA) is 21.7 Å². The zero-order valence-corrected chi connectivity index (χ0v) is 16.8. The molecule has 3 rings (SSSR count). The zero-order chi connectivity index (χ0) is 18.9. The van der Waals surface area contributed by atoms with Crippen LogP contribution in [0.15, 0.2) is 54.6 Å². The molecule has 0 aliphatic carbocycles. The normalized spacial score (nSPS) is 19.4. The SMILES string of the molecule is CN(C)c1ccc(C(CB2OC(C)(C)C(C)(C)O2)c2ccccc2)cc1. The molecular formula is C22H30BNO2. The molecule has 1 atom stereocenters. The Labute approximate surface area is 158 Å². The minimum Gasteiger partial charge on any atom is -0.403 e. The molecule has 0 aromatic heterocycles. The molecule has 0 amide bonds. The van der Waals surface area contributed by atoms with E-state index in [1.54, 1.807) is 0 Å². The zero-order valence-electron chi connectivity index (χ0n) is 16.8. The van der Waals surface area contributed by atoms with Crippen LogP contribution in [0.4, 0.5) is 5.69 Å². The minimum absolute atomic E-state index is 0.210. The summed E-state index contributed by atoms with van der Waals surface area (Å²) in [7, 11) is 3.92. The van der Waals surface area contributed by atoms with Gasteiger partial charge in [0.1, 0.15) is 0 Å². The first-order chi connectivity index (χ1) is 12.2. The van der Waals surface area contributed by atoms with Crippen LogP contribution in [0.3, 0.4) is 0 Å². The fraction of sp³-hybridized carbons (Fsp3) is 0.455. The molecule has 0 radical (unpaired) electrons. The van der Waals surface area contributed by atoms with Crippen LogP contribution in [0.5, 0.6) is 0 Å². The van der Waals surface area contributed by atoms with Crippen LogP contribution in [-0.4, -0.2) is 32.4 Å². The number of hydrogen-bond acceptors (Lipinski definition) is 3. The molecule has 1 unspecified atom stereocenters. The Morgan fingerprint density at radius 3 is 1.81 bits per heavy atom. The van der Waals surface area contributed by atoms with Gasteiger partial charge in [-0.3, -0.25) is 0 Å². The average molecular weight is 351 g/mol. The predicted molar refractivity (Wildman–Crippen MR) is 110 cm³/mol. The minimum atomic E-state index is -0.298. The summed E-state index contributed by atoms with van der Waals surface area (Å²) in [6, 6.07) is 19.4. The molecule has 2 aromatic rings. The number of anilines is 1. The molecule has 1 fully saturated rings. The largest absolute Gasteiger partial charge is 0.458 e. The highest BCUT2D eigenvalue weighted by Crippen LogP contribution is 2.41. The molecule has 2 aromatic carbocycles. The quantitative estimate of drug-likeness (QED) is 0.710. The molecular weight excluding hydrogens is 321 g/mol. The van der Waals surface area contributed by atoms with E-state index < -0.39 is 0 Å². The van der Waals surface area contributed by atoms with Gasteiger partial charge >= 0.3 is 7.12 Å². The maximum Gasteiger partial charge on any atom is 0.458 e. The molecule has 138 valence electrons. The maximum atomic E-state index is 6.27. The van der Waals surface area contributed by atoms with Gasteiger partial charge in [0, 0.05) is 25.7 Å². The fourth-order valence-electron chi connectivity index (χ4n) is 3.41. The Kier molecular flexibility index (Phi) is 5.18. The van der Waals surface area contributed by atoms with Crippen LogP contribution in [0.1, 0.15) is 44.7 Å². The van der Waals surface area contributed by atoms with Crippen molar-refractivity contribution < 1.29 is 9.31 Å². The van der Waals surface area contributed by atoms with Crippen molar-refractivity contribution in [2.75, 3.05) is 19.0 Å². The highest BCUT2D eigenvalue weighted by Gasteiger charge is 2.51. The van der Waals surface area contributed by atoms with E-state index in [0.29, 0.717) is 0 Å². The smallest absolute Gasteiger partial charge is 0.403 e. The first-order valence-electron chi connectivity index (χ1n) is 9.37. The second-order valence-electron chi connectivity index (χ2n) is 8.37. The van der Waals surface area contributed by atoms with Gasteiger partial charge in [-0.1, -0.05) is 42.5 Å². The molecule has 0 N–H and O–H groups in total. The number of hydrogen-bond donors (Lipinski definition) is 0. The van der Waals surface area contributed by atoms with Crippen LogP contribution < -0.4 is 4.90 Å². The van der Waals surface area contributed by atoms with Crippen molar-refractivity contribution >= 4 is 12.8 Å². The Bertz CT molecular complexity index is 710. The summed E-state index contributed by atoms with van der Waals surface area (Å²) in [5.74, 6) is 0.238. The van der Waals surface area contributed by atoms with E-state index in [0.717, 1.165) is 6.32 Å². The van der Waals surface area contributed by atoms with Gasteiger partial charge < -0.3 is 14.2 Å². The lowest BCUT2D eigenvalue weighted by molar-refractivity contribution is 0.00578. The van der Waals surface area contributed by atoms with Crippen molar-refractivity contribution in [1.29, 1.82) is 0 Å². The first kappa shape index (κ1) is 19.0. The summed E-state index contributed by atoms with van der Waals surface area (Å²) in [4.78, 5) is 2.12. The van der Waals surface area contributed by atoms with E-state index in [1.165, 1.54) is 16.8 Å². The highest BCUT2D eigenvalue weighted by molar-refractivity contribution is 6.45. The Balaban J connectivity index is 1.88. The average Bonchev–Trinajstić information content (AvgIpc) is 2.80. The van der Waals surface area contributed by atoms with Crippen LogP contribution >= 0.6 is 0 Å². The summed E-state index contributed by atoms with van der Waals surface area (Å²) >= 11 is 0. The molecule has 1 aliphatic heterocycles. The molecule has 1 heterocycles. The van der Waals surface area contributed by atoms with Crippen LogP contribution in [0.25, 0.3) is 0 Å². The Morgan fingerprint density at radius 2 is 1.31 bits per heavy atom. The summed E-state index contributed by atoms with van der Waals surface area (Å²) in [5.41, 5.74) is 3.19. The third-order valence-electron chi connectivity index (χ3n) is 5.74. The standard InChI is InChI=1S/C22H30BNO2/c1-21(2)22(3,4)26-23(25-21)16-20(17-10-8-7-9-11-17)18-12-14-19(15-13-18)24(5)6/h7-15,20H,16H2,1-6H3. The van der Waals surface area contributed by atoms with Gasteiger partial charge in [-0.2, -0.15) is 0 Å². The van der Waals surface area contributed by atoms with E-state index in [2.05, 4.69) is 101 Å². The summed E-state index contributed by atoms with van der Waals surface area (Å²) in [6.45, 7) is 8.43. The third kappa shape index (κ3) is 3.82. The molecule has 1 aliphatic rings. The second kappa shape index (κ2) is 7.09. The Morgan fingerprint density at radius 1 is 0.808 bits per heavy atom. The van der Waals surface area contributed by atoms with Crippen LogP contribution in [0, 0.1) is 0 Å². The molecule has 26 heavy (non-hydrogen) atoms. The molecule has 0 saturated carbocycles. The van der Waals surface area contributed by atoms with Gasteiger partial charge in [0.05, 0.1) is 11.2 Å². The summed E-state index contributed by atoms with van der Waals surface area (Å²) in [5, 5.41) is 0. The number of rotatable bonds is 5. The number of nitrogens with zero attached hydrogens (tertiary/aromatic N) is 1. The summed E-state index contributed by atoms with van der Waals surface area (Å²) in [6.07, 6.45) is 0.804. The second-order valence-corrected chi connectivity index (χ2v) is 8.37. The molecule has 1 saturated heterocycles. The predicted octanol–water partition coefficient (Wildman–Crippen LogP) is 4.98. The van der Waals surface area contributed by atoms with Gasteiger partial charge in [0.25, 0.3) is 0 Å². The monoisotopic (exact) mass is 351 g/mol. The van der Waals surface area contributed by atoms with Crippen molar-refractivity contribution in [2.24, 2.45) is 0 Å². The van der Waals surface area contributed by atoms with Crippen molar-refractivity contribution in [3.05, 3.63) is 65.7 Å². The van der Waals surface area contributed by atoms with Gasteiger partial charge in [-0.25, -0.2) is 0 Å². The molecule has 4 heteroatoms. The van der Waals surface area contributed by atoms with E-state index in [1.807, 2.05) is 0 Å². The van der Waals surface area contributed by atoms with Crippen molar-refractivity contribution in [2.45, 2.75) is 51.1 Å². The highest BCUT2D eigenvalue weighted by atomic mass is 16.7. The van der Waals surface area contributed by atoms with Crippen molar-refractivity contribution in [3.8, 4) is 0 Å². The van der Waals surface area contributed by atoms with E-state index >= 15 is 0 Å². The van der Waals surface area contributed by atoms with Gasteiger partial charge in [0.2, 0.25) is 0 Å². The lowest BCUT2D eigenvalue weighted by Crippen LogP contribution is -2.41. The van der Waals surface area contributed by atoms with E-state index in [9.17, 15) is 0 Å². The lowest BCUT2D eigenvalue weighted by atomic mass is 9.72. The number of benzene rings is 2. The first-order valence-corrected chi connectivity index (χ1v) is 9.37. The van der Waals surface area contributed by atoms with Gasteiger partial charge in [-0.15, -0.1) is 0 Å². The molecule has 3 nitrogen and oxygen atoms in total. The van der Waals surface area contributed by atoms with Crippen LogP contribution in [-0.2, 0) is 9.31 Å². The van der Waals surface area contributed by atoms with E-state index in [4.69, 9.17) is 9.31 Å². The molecule has 0 spiro atoms. The third-order valence-corrected chi connectivity index (χ3v) is 5.74. The van der Waals surface area contributed by atoms with Crippen molar-refractivity contribution in [1.82, 2.24) is 0 Å². The fourth-order valence-corrected chi connectivity index (χ4v) is 3.41. The van der Waals surface area contributed by atoms with Gasteiger partial charge in [-0.05, 0) is 57.3 Å². The van der Waals surface area contributed by atoms with Gasteiger partial charge in [0.15, 0.2) is 0 Å². The maximum absolute atomic E-state index is 6.27. The van der Waals surface area contributed by atoms with Crippen molar-refractivity contribution in [3.63, 3.8) is 0 Å². The lowest BCUT2D eigenvalue weighted by Gasteiger charge is -2.32. The molecule has 0 bridgehead atoms. The summed E-state index contributed by atoms with van der Waals surface area (Å²) < 4.78 is 12.5. The van der Waals surface area contributed by atoms with Crippen LogP contribution in [0.2, 0.25) is 6.32 Å².